The Morgan fingerprint density at radius 2 is 1.67 bits per heavy atom. The quantitative estimate of drug-likeness (QED) is 0.666. The molecule has 0 aromatic rings. The van der Waals surface area contributed by atoms with Crippen molar-refractivity contribution in [1.82, 2.24) is 0 Å². The molecule has 2 aliphatic rings. The molecule has 0 saturated carbocycles. The smallest absolute Gasteiger partial charge is 0.171 e. The second kappa shape index (κ2) is 3.66. The van der Waals surface area contributed by atoms with Crippen LogP contribution in [0.1, 0.15) is 54.4 Å². The minimum Gasteiger partial charge on any atom is -0.362 e. The summed E-state index contributed by atoms with van der Waals surface area (Å²) in [5.74, 6) is 0.141. The third kappa shape index (κ3) is 1.75. The van der Waals surface area contributed by atoms with Gasteiger partial charge in [-0.3, -0.25) is 9.59 Å². The fourth-order valence-electron chi connectivity index (χ4n) is 3.43. The Hall–Kier alpha value is -0.700. The maximum absolute atomic E-state index is 12.9. The van der Waals surface area contributed by atoms with E-state index < -0.39 is 5.60 Å². The van der Waals surface area contributed by atoms with Crippen LogP contribution < -0.4 is 0 Å². The number of ketones is 2. The predicted molar refractivity (Wildman–Crippen MR) is 69.3 cm³/mol. The topological polar surface area (TPSA) is 43.4 Å². The van der Waals surface area contributed by atoms with E-state index in [0.717, 1.165) is 0 Å². The molecule has 2 bridgehead atoms. The van der Waals surface area contributed by atoms with Crippen LogP contribution in [0, 0.1) is 16.7 Å². The lowest BCUT2D eigenvalue weighted by Crippen LogP contribution is -2.52. The van der Waals surface area contributed by atoms with Crippen molar-refractivity contribution in [1.29, 1.82) is 0 Å². The van der Waals surface area contributed by atoms with E-state index in [4.69, 9.17) is 4.74 Å². The van der Waals surface area contributed by atoms with Crippen LogP contribution >= 0.6 is 0 Å². The first-order chi connectivity index (χ1) is 7.99. The largest absolute Gasteiger partial charge is 0.362 e. The normalized spacial score (nSPS) is 37.2. The minimum absolute atomic E-state index is 0.137. The van der Waals surface area contributed by atoms with Gasteiger partial charge in [0.25, 0.3) is 0 Å². The van der Waals surface area contributed by atoms with Crippen molar-refractivity contribution in [3.8, 4) is 0 Å². The second-order valence-corrected chi connectivity index (χ2v) is 7.86. The Morgan fingerprint density at radius 1 is 1.11 bits per heavy atom. The van der Waals surface area contributed by atoms with Crippen molar-refractivity contribution in [3.63, 3.8) is 0 Å². The van der Waals surface area contributed by atoms with E-state index in [1.54, 1.807) is 0 Å². The summed E-state index contributed by atoms with van der Waals surface area (Å²) in [7, 11) is 0. The number of hydrogen-bond donors (Lipinski definition) is 0. The number of ether oxygens (including phenoxy) is 1. The molecule has 2 aliphatic heterocycles. The van der Waals surface area contributed by atoms with Crippen LogP contribution in [0.15, 0.2) is 0 Å². The third-order valence-corrected chi connectivity index (χ3v) is 4.42. The molecule has 0 N–H and O–H groups in total. The molecule has 18 heavy (non-hydrogen) atoms. The Balaban J connectivity index is 2.50. The van der Waals surface area contributed by atoms with Crippen molar-refractivity contribution in [2.24, 2.45) is 16.7 Å². The van der Waals surface area contributed by atoms with Crippen molar-refractivity contribution >= 4 is 11.6 Å². The lowest BCUT2D eigenvalue weighted by Gasteiger charge is -2.41. The third-order valence-electron chi connectivity index (χ3n) is 4.42. The molecule has 0 spiro atoms. The van der Waals surface area contributed by atoms with Gasteiger partial charge in [0.1, 0.15) is 11.4 Å². The fourth-order valence-corrected chi connectivity index (χ4v) is 3.43. The van der Waals surface area contributed by atoms with E-state index in [-0.39, 0.29) is 40.8 Å². The van der Waals surface area contributed by atoms with Gasteiger partial charge >= 0.3 is 0 Å². The average molecular weight is 252 g/mol. The lowest BCUT2D eigenvalue weighted by molar-refractivity contribution is -0.168. The highest BCUT2D eigenvalue weighted by molar-refractivity contribution is 6.00. The Morgan fingerprint density at radius 3 is 2.11 bits per heavy atom. The van der Waals surface area contributed by atoms with Crippen LogP contribution in [-0.4, -0.2) is 23.3 Å². The van der Waals surface area contributed by atoms with Gasteiger partial charge in [-0.2, -0.15) is 0 Å². The first-order valence-corrected chi connectivity index (χ1v) is 6.73. The van der Waals surface area contributed by atoms with Crippen LogP contribution in [0.2, 0.25) is 0 Å². The molecule has 2 saturated heterocycles. The Kier molecular flexibility index (Phi) is 2.79. The highest BCUT2D eigenvalue weighted by Gasteiger charge is 2.65. The summed E-state index contributed by atoms with van der Waals surface area (Å²) in [6, 6.07) is 0. The Labute approximate surface area is 109 Å². The zero-order valence-corrected chi connectivity index (χ0v) is 12.3. The van der Waals surface area contributed by atoms with Crippen LogP contribution in [0.5, 0.6) is 0 Å². The summed E-state index contributed by atoms with van der Waals surface area (Å²) >= 11 is 0. The SMILES string of the molecule is CC(C)(C)C1C(=O)[C@]2(C(C)(C)C)CC(=O)C[C@H]1O2. The maximum Gasteiger partial charge on any atom is 0.171 e. The van der Waals surface area contributed by atoms with Crippen molar-refractivity contribution in [2.75, 3.05) is 0 Å². The monoisotopic (exact) mass is 252 g/mol. The molecule has 2 rings (SSSR count). The molecule has 0 amide bonds. The number of carbonyl (C=O) groups excluding carboxylic acids is 2. The van der Waals surface area contributed by atoms with Gasteiger partial charge in [-0.15, -0.1) is 0 Å². The second-order valence-electron chi connectivity index (χ2n) is 7.86. The van der Waals surface area contributed by atoms with Crippen molar-refractivity contribution in [2.45, 2.75) is 66.1 Å². The zero-order valence-electron chi connectivity index (χ0n) is 12.3. The van der Waals surface area contributed by atoms with Gasteiger partial charge in [-0.25, -0.2) is 0 Å². The number of fused-ring (bicyclic) bond motifs is 2. The number of hydrogen-bond acceptors (Lipinski definition) is 3. The molecule has 0 aromatic heterocycles. The average Bonchev–Trinajstić information content (AvgIpc) is 2.32. The van der Waals surface area contributed by atoms with Crippen LogP contribution in [0.4, 0.5) is 0 Å². The Bertz CT molecular complexity index is 397. The van der Waals surface area contributed by atoms with Gasteiger partial charge in [-0.05, 0) is 10.8 Å². The molecule has 102 valence electrons. The van der Waals surface area contributed by atoms with Gasteiger partial charge in [-0.1, -0.05) is 41.5 Å². The highest BCUT2D eigenvalue weighted by Crippen LogP contribution is 2.54. The van der Waals surface area contributed by atoms with Crippen LogP contribution in [0.25, 0.3) is 0 Å². The molecule has 3 nitrogen and oxygen atoms in total. The zero-order chi connectivity index (χ0) is 13.9. The summed E-state index contributed by atoms with van der Waals surface area (Å²) in [6.45, 7) is 12.1. The number of rotatable bonds is 0. The van der Waals surface area contributed by atoms with E-state index in [2.05, 4.69) is 20.8 Å². The molecule has 1 unspecified atom stereocenters. The first-order valence-electron chi connectivity index (χ1n) is 6.73. The van der Waals surface area contributed by atoms with Crippen molar-refractivity contribution < 1.29 is 14.3 Å². The predicted octanol–water partition coefficient (Wildman–Crippen LogP) is 2.76. The van der Waals surface area contributed by atoms with Gasteiger partial charge in [0.2, 0.25) is 0 Å². The molecule has 0 aromatic carbocycles. The van der Waals surface area contributed by atoms with E-state index >= 15 is 0 Å². The van der Waals surface area contributed by atoms with Gasteiger partial charge in [0.15, 0.2) is 5.78 Å². The molecular formula is C15H24O3. The summed E-state index contributed by atoms with van der Waals surface area (Å²) in [5, 5.41) is 0. The van der Waals surface area contributed by atoms with E-state index in [9.17, 15) is 9.59 Å². The molecule has 3 heteroatoms. The number of carbonyl (C=O) groups is 2. The minimum atomic E-state index is -0.898. The van der Waals surface area contributed by atoms with Crippen LogP contribution in [0.3, 0.4) is 0 Å². The van der Waals surface area contributed by atoms with Gasteiger partial charge in [0, 0.05) is 12.8 Å². The number of Topliss-reactive ketones (excluding diaryl/α,β-unsaturated/α-hetero) is 2. The van der Waals surface area contributed by atoms with Crippen molar-refractivity contribution in [3.05, 3.63) is 0 Å². The molecule has 2 fully saturated rings. The van der Waals surface area contributed by atoms with Gasteiger partial charge < -0.3 is 4.74 Å². The summed E-state index contributed by atoms with van der Waals surface area (Å²) in [4.78, 5) is 24.8. The maximum atomic E-state index is 12.9. The lowest BCUT2D eigenvalue weighted by atomic mass is 9.67. The molecule has 3 atom stereocenters. The standard InChI is InChI=1S/C15H24O3/c1-13(2,3)11-10-7-9(16)8-15(18-10,12(11)17)14(4,5)6/h10-11H,7-8H2,1-6H3/t10-,11?,15+/m1/s1. The molecular weight excluding hydrogens is 228 g/mol. The van der Waals surface area contributed by atoms with Crippen LogP contribution in [-0.2, 0) is 14.3 Å². The highest BCUT2D eigenvalue weighted by atomic mass is 16.5. The van der Waals surface area contributed by atoms with E-state index in [0.29, 0.717) is 6.42 Å². The summed E-state index contributed by atoms with van der Waals surface area (Å²) < 4.78 is 6.10. The van der Waals surface area contributed by atoms with E-state index in [1.165, 1.54) is 0 Å². The first kappa shape index (κ1) is 13.7. The molecule has 0 aliphatic carbocycles. The van der Waals surface area contributed by atoms with Gasteiger partial charge in [0.05, 0.1) is 12.0 Å². The summed E-state index contributed by atoms with van der Waals surface area (Å²) in [6.07, 6.45) is 0.419. The van der Waals surface area contributed by atoms with E-state index in [1.807, 2.05) is 20.8 Å². The summed E-state index contributed by atoms with van der Waals surface area (Å²) in [5.41, 5.74) is -1.39. The fraction of sp³-hybridized carbons (Fsp3) is 0.867. The molecule has 0 radical (unpaired) electrons. The molecule has 2 heterocycles.